The minimum Gasteiger partial charge on any atom is -0.508 e. The van der Waals surface area contributed by atoms with Crippen molar-refractivity contribution in [1.82, 2.24) is 25.8 Å². The van der Waals surface area contributed by atoms with Gasteiger partial charge in [0.05, 0.1) is 25.2 Å². The zero-order chi connectivity index (χ0) is 35.7. The Morgan fingerprint density at radius 3 is 1.96 bits per heavy atom. The van der Waals surface area contributed by atoms with Gasteiger partial charge in [-0.25, -0.2) is 4.79 Å². The van der Waals surface area contributed by atoms with Crippen LogP contribution in [0.15, 0.2) is 24.3 Å². The number of aliphatic carboxylic acids is 2. The van der Waals surface area contributed by atoms with Gasteiger partial charge in [0, 0.05) is 13.1 Å². The Morgan fingerprint density at radius 2 is 1.42 bits per heavy atom. The molecule has 2 aliphatic heterocycles. The standard InChI is InChI=1S/C30H42N6O12/c1-15(38)24(34-26(43)21-4-2-10-35(21)28(45)18(31)12-16-6-8-17(39)9-7-16)27(44)33-20(14-37)25(42)32-19(13-23(40)41)29(46)36-11-3-5-22(36)30(47)48/h6-9,15,18-22,24,37-39H,2-5,10-14,31H2,1H3,(H,32,42)(H,33,44)(H,34,43)(H,40,41)(H,47,48)/t15-,18+,19+,20+,21+,22+,24+/m1/s1. The highest BCUT2D eigenvalue weighted by Gasteiger charge is 2.41. The summed E-state index contributed by atoms with van der Waals surface area (Å²) in [5.41, 5.74) is 6.81. The molecule has 1 aromatic carbocycles. The molecule has 3 rings (SSSR count). The van der Waals surface area contributed by atoms with Gasteiger partial charge in [-0.05, 0) is 56.7 Å². The molecular formula is C30H42N6O12. The van der Waals surface area contributed by atoms with Crippen molar-refractivity contribution in [2.45, 2.75) is 87.8 Å². The van der Waals surface area contributed by atoms with Crippen molar-refractivity contribution in [3.05, 3.63) is 29.8 Å². The maximum atomic E-state index is 13.3. The summed E-state index contributed by atoms with van der Waals surface area (Å²) in [5.74, 6) is -7.30. The van der Waals surface area contributed by atoms with Gasteiger partial charge in [-0.2, -0.15) is 0 Å². The molecule has 2 heterocycles. The molecule has 1 aromatic rings. The summed E-state index contributed by atoms with van der Waals surface area (Å²) < 4.78 is 0. The number of aromatic hydroxyl groups is 1. The van der Waals surface area contributed by atoms with Crippen molar-refractivity contribution < 1.29 is 59.1 Å². The number of nitrogens with zero attached hydrogens (tertiary/aromatic N) is 2. The lowest BCUT2D eigenvalue weighted by molar-refractivity contribution is -0.150. The fourth-order valence-electron chi connectivity index (χ4n) is 5.73. The second kappa shape index (κ2) is 16.8. The second-order valence-corrected chi connectivity index (χ2v) is 11.8. The van der Waals surface area contributed by atoms with E-state index in [1.807, 2.05) is 0 Å². The number of carbonyl (C=O) groups excluding carboxylic acids is 5. The summed E-state index contributed by atoms with van der Waals surface area (Å²) in [6, 6.07) is -2.31. The number of nitrogens with two attached hydrogens (primary N) is 1. The molecule has 0 saturated carbocycles. The van der Waals surface area contributed by atoms with E-state index in [-0.39, 0.29) is 38.1 Å². The predicted octanol–water partition coefficient (Wildman–Crippen LogP) is -3.37. The number of carboxylic acids is 2. The van der Waals surface area contributed by atoms with Crippen LogP contribution in [-0.2, 0) is 40.0 Å². The topological polar surface area (TPSA) is 289 Å². The van der Waals surface area contributed by atoms with Crippen LogP contribution in [-0.4, -0.2) is 139 Å². The van der Waals surface area contributed by atoms with Gasteiger partial charge < -0.3 is 57.0 Å². The molecule has 0 bridgehead atoms. The average molecular weight is 679 g/mol. The molecular weight excluding hydrogens is 636 g/mol. The van der Waals surface area contributed by atoms with E-state index >= 15 is 0 Å². The largest absolute Gasteiger partial charge is 0.508 e. The first-order valence-corrected chi connectivity index (χ1v) is 15.4. The summed E-state index contributed by atoms with van der Waals surface area (Å²) in [7, 11) is 0. The van der Waals surface area contributed by atoms with Gasteiger partial charge in [0.2, 0.25) is 29.5 Å². The van der Waals surface area contributed by atoms with Crippen LogP contribution in [0.25, 0.3) is 0 Å². The summed E-state index contributed by atoms with van der Waals surface area (Å²) in [5, 5.41) is 55.1. The number of carboxylic acid groups (broad SMARTS) is 2. The Kier molecular flexibility index (Phi) is 13.2. The van der Waals surface area contributed by atoms with E-state index in [1.54, 1.807) is 12.1 Å². The number of hydrogen-bond acceptors (Lipinski definition) is 11. The van der Waals surface area contributed by atoms with E-state index < -0.39 is 96.9 Å². The van der Waals surface area contributed by atoms with Crippen molar-refractivity contribution >= 4 is 41.5 Å². The van der Waals surface area contributed by atoms with Crippen molar-refractivity contribution in [2.24, 2.45) is 5.73 Å². The molecule has 0 spiro atoms. The van der Waals surface area contributed by atoms with E-state index in [0.717, 1.165) is 4.90 Å². The molecule has 0 aliphatic carbocycles. The Hall–Kier alpha value is -4.81. The summed E-state index contributed by atoms with van der Waals surface area (Å²) in [6.07, 6.45) is -1.14. The van der Waals surface area contributed by atoms with Gasteiger partial charge in [-0.3, -0.25) is 28.8 Å². The SMILES string of the molecule is C[C@@H](O)[C@H](NC(=O)[C@@H]1CCCN1C(=O)[C@@H](N)Cc1ccc(O)cc1)C(=O)N[C@@H](CO)C(=O)N[C@@H](CC(=O)O)C(=O)N1CCC[C@H]1C(=O)O. The number of amides is 5. The molecule has 2 fully saturated rings. The van der Waals surface area contributed by atoms with Crippen LogP contribution in [0.2, 0.25) is 0 Å². The minimum absolute atomic E-state index is 0.0199. The van der Waals surface area contributed by atoms with E-state index in [4.69, 9.17) is 5.73 Å². The van der Waals surface area contributed by atoms with Crippen LogP contribution in [0.5, 0.6) is 5.75 Å². The van der Waals surface area contributed by atoms with Crippen molar-refractivity contribution in [3.8, 4) is 5.75 Å². The fraction of sp³-hybridized carbons (Fsp3) is 0.567. The Balaban J connectivity index is 1.66. The predicted molar refractivity (Wildman–Crippen MR) is 164 cm³/mol. The highest BCUT2D eigenvalue weighted by molar-refractivity contribution is 5.97. The zero-order valence-corrected chi connectivity index (χ0v) is 26.3. The normalized spacial score (nSPS) is 20.6. The quantitative estimate of drug-likeness (QED) is 0.0877. The lowest BCUT2D eigenvalue weighted by atomic mass is 10.0. The van der Waals surface area contributed by atoms with Gasteiger partial charge in [0.15, 0.2) is 0 Å². The van der Waals surface area contributed by atoms with E-state index in [2.05, 4.69) is 16.0 Å². The van der Waals surface area contributed by atoms with E-state index in [0.29, 0.717) is 18.4 Å². The molecule has 0 radical (unpaired) electrons. The smallest absolute Gasteiger partial charge is 0.326 e. The summed E-state index contributed by atoms with van der Waals surface area (Å²) in [6.45, 7) is 0.378. The van der Waals surface area contributed by atoms with Crippen LogP contribution in [0.4, 0.5) is 0 Å². The van der Waals surface area contributed by atoms with Gasteiger partial charge in [0.25, 0.3) is 0 Å². The number of benzene rings is 1. The molecule has 7 atom stereocenters. The molecule has 10 N–H and O–H groups in total. The molecule has 264 valence electrons. The third-order valence-electron chi connectivity index (χ3n) is 8.24. The molecule has 18 heteroatoms. The lowest BCUT2D eigenvalue weighted by Gasteiger charge is -2.30. The highest BCUT2D eigenvalue weighted by atomic mass is 16.4. The Morgan fingerprint density at radius 1 is 0.854 bits per heavy atom. The van der Waals surface area contributed by atoms with Crippen LogP contribution >= 0.6 is 0 Å². The van der Waals surface area contributed by atoms with Crippen LogP contribution < -0.4 is 21.7 Å². The number of likely N-dealkylation sites (tertiary alicyclic amines) is 2. The number of aliphatic hydroxyl groups excluding tert-OH is 2. The molecule has 0 unspecified atom stereocenters. The van der Waals surface area contributed by atoms with Gasteiger partial charge in [-0.15, -0.1) is 0 Å². The summed E-state index contributed by atoms with van der Waals surface area (Å²) in [4.78, 5) is 90.8. The number of rotatable bonds is 15. The average Bonchev–Trinajstić information content (AvgIpc) is 3.72. The summed E-state index contributed by atoms with van der Waals surface area (Å²) >= 11 is 0. The maximum Gasteiger partial charge on any atom is 0.326 e. The number of hydrogen-bond donors (Lipinski definition) is 9. The highest BCUT2D eigenvalue weighted by Crippen LogP contribution is 2.21. The molecule has 5 amide bonds. The zero-order valence-electron chi connectivity index (χ0n) is 26.3. The van der Waals surface area contributed by atoms with Gasteiger partial charge >= 0.3 is 11.9 Å². The number of carbonyl (C=O) groups is 7. The third kappa shape index (κ3) is 9.61. The number of phenolic OH excluding ortho intramolecular Hbond substituents is 1. The van der Waals surface area contributed by atoms with Gasteiger partial charge in [0.1, 0.15) is 36.0 Å². The molecule has 2 saturated heterocycles. The van der Waals surface area contributed by atoms with Crippen LogP contribution in [0.1, 0.15) is 44.6 Å². The van der Waals surface area contributed by atoms with Crippen molar-refractivity contribution in [2.75, 3.05) is 19.7 Å². The second-order valence-electron chi connectivity index (χ2n) is 11.8. The first-order valence-electron chi connectivity index (χ1n) is 15.4. The van der Waals surface area contributed by atoms with Crippen molar-refractivity contribution in [1.29, 1.82) is 0 Å². The number of nitrogens with one attached hydrogen (secondary N) is 3. The van der Waals surface area contributed by atoms with E-state index in [1.165, 1.54) is 24.0 Å². The first-order chi connectivity index (χ1) is 22.6. The third-order valence-corrected chi connectivity index (χ3v) is 8.24. The monoisotopic (exact) mass is 678 g/mol. The molecule has 18 nitrogen and oxygen atoms in total. The molecule has 2 aliphatic rings. The number of aliphatic hydroxyl groups is 2. The van der Waals surface area contributed by atoms with Crippen molar-refractivity contribution in [3.63, 3.8) is 0 Å². The number of phenols is 1. The van der Waals surface area contributed by atoms with Crippen LogP contribution in [0, 0.1) is 0 Å². The first kappa shape index (κ1) is 37.6. The molecule has 48 heavy (non-hydrogen) atoms. The van der Waals surface area contributed by atoms with Gasteiger partial charge in [-0.1, -0.05) is 12.1 Å². The minimum atomic E-state index is -1.77. The van der Waals surface area contributed by atoms with Crippen LogP contribution in [0.3, 0.4) is 0 Å². The molecule has 0 aromatic heterocycles. The Labute approximate surface area is 275 Å². The maximum absolute atomic E-state index is 13.3. The fourth-order valence-corrected chi connectivity index (χ4v) is 5.73. The van der Waals surface area contributed by atoms with E-state index in [9.17, 15) is 59.1 Å². The lowest BCUT2D eigenvalue weighted by Crippen LogP contribution is -2.61. The Bertz CT molecular complexity index is 1370.